The highest BCUT2D eigenvalue weighted by Crippen LogP contribution is 2.20. The molecule has 3 aromatic rings. The minimum absolute atomic E-state index is 0.0223. The zero-order valence-electron chi connectivity index (χ0n) is 23.0. The van der Waals surface area contributed by atoms with Gasteiger partial charge in [-0.05, 0) is 67.6 Å². The van der Waals surface area contributed by atoms with Crippen molar-refractivity contribution in [3.63, 3.8) is 0 Å². The zero-order chi connectivity index (χ0) is 27.3. The van der Waals surface area contributed by atoms with Crippen molar-refractivity contribution in [2.45, 2.75) is 65.1 Å². The number of ether oxygens (including phenoxy) is 2. The van der Waals surface area contributed by atoms with Gasteiger partial charge < -0.3 is 19.7 Å². The van der Waals surface area contributed by atoms with Crippen LogP contribution in [0.1, 0.15) is 49.8 Å². The van der Waals surface area contributed by atoms with Crippen LogP contribution >= 0.6 is 0 Å². The molecule has 0 aliphatic heterocycles. The van der Waals surface area contributed by atoms with Gasteiger partial charge in [0, 0.05) is 25.4 Å². The van der Waals surface area contributed by atoms with Crippen molar-refractivity contribution in [1.29, 1.82) is 0 Å². The van der Waals surface area contributed by atoms with Gasteiger partial charge in [0.1, 0.15) is 17.5 Å². The number of benzene rings is 3. The number of carbonyl (C=O) groups excluding carboxylic acids is 2. The van der Waals surface area contributed by atoms with Crippen LogP contribution in [-0.2, 0) is 22.6 Å². The van der Waals surface area contributed by atoms with Gasteiger partial charge in [-0.1, -0.05) is 61.5 Å². The standard InChI is InChI=1S/C32H40N2O4/c1-5-25(3)33-32(36)30(22-26-13-7-6-8-14-26)34(23-27-15-10-9-12-24(27)2)31(35)16-11-21-38-29-19-17-28(37-4)18-20-29/h6-10,12-15,17-20,25,30H,5,11,16,21-23H2,1-4H3,(H,33,36)/t25-,30-/m1/s1. The Morgan fingerprint density at radius 3 is 2.24 bits per heavy atom. The van der Waals surface area contributed by atoms with Crippen LogP contribution in [0, 0.1) is 6.92 Å². The third-order valence-corrected chi connectivity index (χ3v) is 6.74. The Morgan fingerprint density at radius 1 is 0.921 bits per heavy atom. The lowest BCUT2D eigenvalue weighted by atomic mass is 10.0. The molecule has 3 rings (SSSR count). The third-order valence-electron chi connectivity index (χ3n) is 6.74. The van der Waals surface area contributed by atoms with Gasteiger partial charge in [0.25, 0.3) is 0 Å². The Hall–Kier alpha value is -3.80. The highest BCUT2D eigenvalue weighted by molar-refractivity contribution is 5.88. The topological polar surface area (TPSA) is 67.9 Å². The van der Waals surface area contributed by atoms with E-state index >= 15 is 0 Å². The molecule has 3 aromatic carbocycles. The number of rotatable bonds is 14. The van der Waals surface area contributed by atoms with Crippen LogP contribution in [0.3, 0.4) is 0 Å². The summed E-state index contributed by atoms with van der Waals surface area (Å²) in [4.78, 5) is 29.0. The molecule has 2 atom stereocenters. The maximum Gasteiger partial charge on any atom is 0.243 e. The van der Waals surface area contributed by atoms with Crippen LogP contribution in [-0.4, -0.2) is 42.5 Å². The van der Waals surface area contributed by atoms with Gasteiger partial charge in [0.05, 0.1) is 13.7 Å². The zero-order valence-corrected chi connectivity index (χ0v) is 23.0. The fourth-order valence-corrected chi connectivity index (χ4v) is 4.20. The van der Waals surface area contributed by atoms with Crippen molar-refractivity contribution < 1.29 is 19.1 Å². The largest absolute Gasteiger partial charge is 0.497 e. The Bertz CT molecular complexity index is 1150. The summed E-state index contributed by atoms with van der Waals surface area (Å²) in [5.41, 5.74) is 3.14. The van der Waals surface area contributed by atoms with Crippen molar-refractivity contribution in [2.75, 3.05) is 13.7 Å². The predicted molar refractivity (Wildman–Crippen MR) is 151 cm³/mol. The number of carbonyl (C=O) groups is 2. The van der Waals surface area contributed by atoms with Crippen LogP contribution in [0.4, 0.5) is 0 Å². The van der Waals surface area contributed by atoms with E-state index in [2.05, 4.69) is 5.32 Å². The first-order chi connectivity index (χ1) is 18.4. The molecule has 0 saturated carbocycles. The molecule has 0 bridgehead atoms. The summed E-state index contributed by atoms with van der Waals surface area (Å²) < 4.78 is 11.0. The van der Waals surface area contributed by atoms with E-state index < -0.39 is 6.04 Å². The molecule has 0 aromatic heterocycles. The summed E-state index contributed by atoms with van der Waals surface area (Å²) in [6, 6.07) is 24.7. The maximum atomic E-state index is 13.7. The summed E-state index contributed by atoms with van der Waals surface area (Å²) in [6.07, 6.45) is 2.09. The summed E-state index contributed by atoms with van der Waals surface area (Å²) in [7, 11) is 1.62. The molecule has 0 heterocycles. The second kappa shape index (κ2) is 14.8. The molecule has 0 unspecified atom stereocenters. The van der Waals surface area contributed by atoms with Crippen LogP contribution in [0.25, 0.3) is 0 Å². The third kappa shape index (κ3) is 8.65. The molecule has 6 heteroatoms. The highest BCUT2D eigenvalue weighted by atomic mass is 16.5. The van der Waals surface area contributed by atoms with Gasteiger partial charge >= 0.3 is 0 Å². The quantitative estimate of drug-likeness (QED) is 0.278. The average Bonchev–Trinajstić information content (AvgIpc) is 2.94. The molecule has 0 aliphatic rings. The fraction of sp³-hybridized carbons (Fsp3) is 0.375. The smallest absolute Gasteiger partial charge is 0.243 e. The van der Waals surface area contributed by atoms with Crippen LogP contribution < -0.4 is 14.8 Å². The summed E-state index contributed by atoms with van der Waals surface area (Å²) in [6.45, 7) is 6.83. The van der Waals surface area contributed by atoms with E-state index in [1.54, 1.807) is 12.0 Å². The lowest BCUT2D eigenvalue weighted by molar-refractivity contribution is -0.141. The van der Waals surface area contributed by atoms with Crippen LogP contribution in [0.5, 0.6) is 11.5 Å². The van der Waals surface area contributed by atoms with Crippen LogP contribution in [0.2, 0.25) is 0 Å². The highest BCUT2D eigenvalue weighted by Gasteiger charge is 2.31. The Balaban J connectivity index is 1.78. The van der Waals surface area contributed by atoms with E-state index in [0.717, 1.165) is 34.6 Å². The second-order valence-electron chi connectivity index (χ2n) is 9.60. The van der Waals surface area contributed by atoms with Crippen molar-refractivity contribution in [2.24, 2.45) is 0 Å². The number of aryl methyl sites for hydroxylation is 1. The minimum Gasteiger partial charge on any atom is -0.497 e. The molecule has 6 nitrogen and oxygen atoms in total. The molecular formula is C32H40N2O4. The van der Waals surface area contributed by atoms with E-state index in [4.69, 9.17) is 9.47 Å². The first-order valence-electron chi connectivity index (χ1n) is 13.4. The molecule has 38 heavy (non-hydrogen) atoms. The van der Waals surface area contributed by atoms with E-state index in [0.29, 0.717) is 26.0 Å². The fourth-order valence-electron chi connectivity index (χ4n) is 4.20. The lowest BCUT2D eigenvalue weighted by Gasteiger charge is -2.33. The molecule has 2 amide bonds. The average molecular weight is 517 g/mol. The van der Waals surface area contributed by atoms with E-state index in [9.17, 15) is 9.59 Å². The molecule has 0 aliphatic carbocycles. The lowest BCUT2D eigenvalue weighted by Crippen LogP contribution is -2.52. The van der Waals surface area contributed by atoms with Gasteiger partial charge in [-0.2, -0.15) is 0 Å². The molecule has 0 radical (unpaired) electrons. The number of nitrogens with zero attached hydrogens (tertiary/aromatic N) is 1. The summed E-state index contributed by atoms with van der Waals surface area (Å²) >= 11 is 0. The van der Waals surface area contributed by atoms with Crippen molar-refractivity contribution in [1.82, 2.24) is 10.2 Å². The predicted octanol–water partition coefficient (Wildman–Crippen LogP) is 5.72. The normalized spacial score (nSPS) is 12.3. The molecule has 1 N–H and O–H groups in total. The van der Waals surface area contributed by atoms with Gasteiger partial charge in [0.2, 0.25) is 11.8 Å². The number of amides is 2. The summed E-state index contributed by atoms with van der Waals surface area (Å²) in [5.74, 6) is 1.30. The number of methoxy groups -OCH3 is 1. The first-order valence-corrected chi connectivity index (χ1v) is 13.4. The second-order valence-corrected chi connectivity index (χ2v) is 9.60. The van der Waals surface area contributed by atoms with Crippen molar-refractivity contribution in [3.8, 4) is 11.5 Å². The number of hydrogen-bond donors (Lipinski definition) is 1. The molecule has 0 saturated heterocycles. The maximum absolute atomic E-state index is 13.7. The summed E-state index contributed by atoms with van der Waals surface area (Å²) in [5, 5.41) is 3.12. The van der Waals surface area contributed by atoms with Gasteiger partial charge in [-0.3, -0.25) is 9.59 Å². The first kappa shape index (κ1) is 28.8. The van der Waals surface area contributed by atoms with Gasteiger partial charge in [-0.25, -0.2) is 0 Å². The monoisotopic (exact) mass is 516 g/mol. The van der Waals surface area contributed by atoms with E-state index in [1.165, 1.54) is 0 Å². The molecular weight excluding hydrogens is 476 g/mol. The molecule has 202 valence electrons. The number of hydrogen-bond acceptors (Lipinski definition) is 4. The molecule has 0 spiro atoms. The molecule has 0 fully saturated rings. The van der Waals surface area contributed by atoms with Crippen LogP contribution in [0.15, 0.2) is 78.9 Å². The van der Waals surface area contributed by atoms with Gasteiger partial charge in [0.15, 0.2) is 0 Å². The Labute approximate surface area is 227 Å². The number of nitrogens with one attached hydrogen (secondary N) is 1. The van der Waals surface area contributed by atoms with E-state index in [1.807, 2.05) is 99.6 Å². The minimum atomic E-state index is -0.624. The SMILES string of the molecule is CC[C@@H](C)NC(=O)[C@@H](Cc1ccccc1)N(Cc1ccccc1C)C(=O)CCCOc1ccc(OC)cc1. The Morgan fingerprint density at radius 2 is 1.58 bits per heavy atom. The van der Waals surface area contributed by atoms with E-state index in [-0.39, 0.29) is 24.3 Å². The Kier molecular flexibility index (Phi) is 11.2. The van der Waals surface area contributed by atoms with Crippen molar-refractivity contribution in [3.05, 3.63) is 95.6 Å². The van der Waals surface area contributed by atoms with Gasteiger partial charge in [-0.15, -0.1) is 0 Å². The van der Waals surface area contributed by atoms with Crippen molar-refractivity contribution >= 4 is 11.8 Å².